The van der Waals surface area contributed by atoms with Crippen molar-refractivity contribution in [2.75, 3.05) is 33.4 Å². The molecule has 0 aromatic carbocycles. The van der Waals surface area contributed by atoms with Crippen molar-refractivity contribution in [3.8, 4) is 0 Å². The summed E-state index contributed by atoms with van der Waals surface area (Å²) in [6.45, 7) is 11.3. The predicted molar refractivity (Wildman–Crippen MR) is 85.2 cm³/mol. The molecule has 0 bridgehead atoms. The van der Waals surface area contributed by atoms with Gasteiger partial charge in [-0.3, -0.25) is 4.90 Å². The van der Waals surface area contributed by atoms with E-state index >= 15 is 0 Å². The molecule has 21 heavy (non-hydrogen) atoms. The molecule has 0 radical (unpaired) electrons. The van der Waals surface area contributed by atoms with Crippen molar-refractivity contribution in [1.82, 2.24) is 19.8 Å². The van der Waals surface area contributed by atoms with Gasteiger partial charge in [-0.15, -0.1) is 0 Å². The quantitative estimate of drug-likeness (QED) is 0.866. The lowest BCUT2D eigenvalue weighted by Crippen LogP contribution is -2.48. The number of nitrogens with zero attached hydrogens (tertiary/aromatic N) is 3. The van der Waals surface area contributed by atoms with Gasteiger partial charge < -0.3 is 14.6 Å². The highest BCUT2D eigenvalue weighted by Crippen LogP contribution is 2.29. The standard InChI is InChI=1S/C16H30N4O/c1-15(2,3)18-11-16(6-9-21-13-16)12-19(4)10-14-17-7-8-20(14)5/h7-8,18H,6,9-13H2,1-5H3. The van der Waals surface area contributed by atoms with Gasteiger partial charge in [0, 0.05) is 50.1 Å². The number of ether oxygens (including phenoxy) is 1. The zero-order chi connectivity index (χ0) is 15.5. The molecular weight excluding hydrogens is 264 g/mol. The van der Waals surface area contributed by atoms with Gasteiger partial charge in [0.2, 0.25) is 0 Å². The molecule has 2 heterocycles. The van der Waals surface area contributed by atoms with Crippen LogP contribution in [0.15, 0.2) is 12.4 Å². The third kappa shape index (κ3) is 4.80. The Labute approximate surface area is 128 Å². The topological polar surface area (TPSA) is 42.3 Å². The number of nitrogens with one attached hydrogen (secondary N) is 1. The molecule has 1 saturated heterocycles. The molecule has 1 aromatic heterocycles. The summed E-state index contributed by atoms with van der Waals surface area (Å²) in [6, 6.07) is 0. The van der Waals surface area contributed by atoms with Gasteiger partial charge in [-0.1, -0.05) is 0 Å². The van der Waals surface area contributed by atoms with E-state index in [1.54, 1.807) is 0 Å². The number of aromatic nitrogens is 2. The van der Waals surface area contributed by atoms with E-state index in [4.69, 9.17) is 4.74 Å². The number of hydrogen-bond acceptors (Lipinski definition) is 4. The van der Waals surface area contributed by atoms with Crippen molar-refractivity contribution in [2.24, 2.45) is 12.5 Å². The Morgan fingerprint density at radius 2 is 2.24 bits per heavy atom. The van der Waals surface area contributed by atoms with Crippen LogP contribution in [-0.4, -0.2) is 53.3 Å². The summed E-state index contributed by atoms with van der Waals surface area (Å²) in [4.78, 5) is 6.78. The van der Waals surface area contributed by atoms with E-state index in [9.17, 15) is 0 Å². The fourth-order valence-corrected chi connectivity index (χ4v) is 2.84. The van der Waals surface area contributed by atoms with E-state index in [2.05, 4.69) is 47.6 Å². The highest BCUT2D eigenvalue weighted by Gasteiger charge is 2.36. The lowest BCUT2D eigenvalue weighted by molar-refractivity contribution is 0.109. The smallest absolute Gasteiger partial charge is 0.122 e. The molecular formula is C16H30N4O. The van der Waals surface area contributed by atoms with E-state index in [0.717, 1.165) is 45.1 Å². The molecule has 0 spiro atoms. The average molecular weight is 294 g/mol. The van der Waals surface area contributed by atoms with E-state index in [1.165, 1.54) is 0 Å². The summed E-state index contributed by atoms with van der Waals surface area (Å²) in [5, 5.41) is 3.65. The Bertz CT molecular complexity index is 443. The van der Waals surface area contributed by atoms with Crippen LogP contribution in [0.1, 0.15) is 33.0 Å². The van der Waals surface area contributed by atoms with E-state index in [1.807, 2.05) is 19.4 Å². The Hall–Kier alpha value is -0.910. The monoisotopic (exact) mass is 294 g/mol. The molecule has 2 rings (SSSR count). The lowest BCUT2D eigenvalue weighted by atomic mass is 9.85. The minimum Gasteiger partial charge on any atom is -0.381 e. The summed E-state index contributed by atoms with van der Waals surface area (Å²) in [5.74, 6) is 1.11. The average Bonchev–Trinajstić information content (AvgIpc) is 2.97. The molecule has 1 fully saturated rings. The zero-order valence-corrected chi connectivity index (χ0v) is 14.1. The Balaban J connectivity index is 1.94. The molecule has 1 atom stereocenters. The van der Waals surface area contributed by atoms with Crippen molar-refractivity contribution in [1.29, 1.82) is 0 Å². The van der Waals surface area contributed by atoms with Crippen molar-refractivity contribution >= 4 is 0 Å². The fourth-order valence-electron chi connectivity index (χ4n) is 2.84. The largest absolute Gasteiger partial charge is 0.381 e. The molecule has 0 aliphatic carbocycles. The summed E-state index contributed by atoms with van der Waals surface area (Å²) >= 11 is 0. The van der Waals surface area contributed by atoms with Gasteiger partial charge in [-0.25, -0.2) is 4.98 Å². The van der Waals surface area contributed by atoms with Crippen LogP contribution in [0.25, 0.3) is 0 Å². The van der Waals surface area contributed by atoms with Crippen LogP contribution in [0.4, 0.5) is 0 Å². The van der Waals surface area contributed by atoms with Crippen molar-refractivity contribution in [2.45, 2.75) is 39.3 Å². The highest BCUT2D eigenvalue weighted by atomic mass is 16.5. The van der Waals surface area contributed by atoms with Gasteiger partial charge >= 0.3 is 0 Å². The van der Waals surface area contributed by atoms with Gasteiger partial charge in [-0.2, -0.15) is 0 Å². The van der Waals surface area contributed by atoms with Crippen LogP contribution in [-0.2, 0) is 18.3 Å². The Kier molecular flexibility index (Phi) is 5.07. The third-order valence-electron chi connectivity index (χ3n) is 4.12. The second-order valence-electron chi connectivity index (χ2n) is 7.53. The van der Waals surface area contributed by atoms with Crippen LogP contribution in [0.5, 0.6) is 0 Å². The number of rotatable bonds is 6. The predicted octanol–water partition coefficient (Wildman–Crippen LogP) is 1.65. The third-order valence-corrected chi connectivity index (χ3v) is 4.12. The minimum absolute atomic E-state index is 0.147. The second kappa shape index (κ2) is 6.46. The van der Waals surface area contributed by atoms with Gasteiger partial charge in [0.1, 0.15) is 5.82 Å². The maximum atomic E-state index is 5.70. The van der Waals surface area contributed by atoms with Gasteiger partial charge in [0.05, 0.1) is 13.2 Å². The summed E-state index contributed by atoms with van der Waals surface area (Å²) in [7, 11) is 4.22. The van der Waals surface area contributed by atoms with Crippen molar-refractivity contribution in [3.63, 3.8) is 0 Å². The van der Waals surface area contributed by atoms with Gasteiger partial charge in [0.15, 0.2) is 0 Å². The molecule has 5 nitrogen and oxygen atoms in total. The SMILES string of the molecule is CN(Cc1nccn1C)CC1(CNC(C)(C)C)CCOC1. The fraction of sp³-hybridized carbons (Fsp3) is 0.812. The number of hydrogen-bond donors (Lipinski definition) is 1. The molecule has 120 valence electrons. The molecule has 0 saturated carbocycles. The number of aryl methyl sites for hydroxylation is 1. The first-order chi connectivity index (χ1) is 9.80. The Morgan fingerprint density at radius 3 is 2.76 bits per heavy atom. The summed E-state index contributed by atoms with van der Waals surface area (Å²) < 4.78 is 7.78. The first-order valence-corrected chi connectivity index (χ1v) is 7.77. The minimum atomic E-state index is 0.147. The van der Waals surface area contributed by atoms with Gasteiger partial charge in [0.25, 0.3) is 0 Å². The maximum Gasteiger partial charge on any atom is 0.122 e. The molecule has 5 heteroatoms. The van der Waals surface area contributed by atoms with Crippen LogP contribution in [0.3, 0.4) is 0 Å². The maximum absolute atomic E-state index is 5.70. The van der Waals surface area contributed by atoms with E-state index in [-0.39, 0.29) is 11.0 Å². The zero-order valence-electron chi connectivity index (χ0n) is 14.1. The molecule has 1 N–H and O–H groups in total. The number of imidazole rings is 1. The van der Waals surface area contributed by atoms with Crippen LogP contribution >= 0.6 is 0 Å². The van der Waals surface area contributed by atoms with Crippen molar-refractivity contribution < 1.29 is 4.74 Å². The van der Waals surface area contributed by atoms with E-state index in [0.29, 0.717) is 0 Å². The molecule has 1 aromatic rings. The molecule has 1 aliphatic rings. The highest BCUT2D eigenvalue weighted by molar-refractivity contribution is 4.94. The lowest BCUT2D eigenvalue weighted by Gasteiger charge is -2.35. The molecule has 1 unspecified atom stereocenters. The van der Waals surface area contributed by atoms with Crippen molar-refractivity contribution in [3.05, 3.63) is 18.2 Å². The van der Waals surface area contributed by atoms with Crippen LogP contribution < -0.4 is 5.32 Å². The van der Waals surface area contributed by atoms with Crippen LogP contribution in [0.2, 0.25) is 0 Å². The summed E-state index contributed by atoms with van der Waals surface area (Å²) in [5.41, 5.74) is 0.362. The van der Waals surface area contributed by atoms with E-state index < -0.39 is 0 Å². The normalized spacial score (nSPS) is 23.1. The molecule has 1 aliphatic heterocycles. The van der Waals surface area contributed by atoms with Gasteiger partial charge in [-0.05, 0) is 34.2 Å². The van der Waals surface area contributed by atoms with Crippen LogP contribution in [0, 0.1) is 5.41 Å². The molecule has 0 amide bonds. The Morgan fingerprint density at radius 1 is 1.48 bits per heavy atom. The first kappa shape index (κ1) is 16.5. The second-order valence-corrected chi connectivity index (χ2v) is 7.53. The first-order valence-electron chi connectivity index (χ1n) is 7.77. The summed E-state index contributed by atoms with van der Waals surface area (Å²) in [6.07, 6.45) is 4.98.